The number of anilines is 1. The normalized spacial score (nSPS) is 10.2. The van der Waals surface area contributed by atoms with Crippen molar-refractivity contribution in [2.75, 3.05) is 25.6 Å². The summed E-state index contributed by atoms with van der Waals surface area (Å²) < 4.78 is 16.6. The van der Waals surface area contributed by atoms with Gasteiger partial charge in [-0.25, -0.2) is 4.98 Å². The number of methoxy groups -OCH3 is 1. The van der Waals surface area contributed by atoms with Crippen LogP contribution in [0.15, 0.2) is 72.9 Å². The zero-order valence-corrected chi connectivity index (χ0v) is 14.7. The minimum absolute atomic E-state index is 0.475. The van der Waals surface area contributed by atoms with Crippen LogP contribution in [0.2, 0.25) is 0 Å². The molecule has 2 aromatic carbocycles. The minimum Gasteiger partial charge on any atom is -0.497 e. The van der Waals surface area contributed by atoms with Gasteiger partial charge in [-0.05, 0) is 54.1 Å². The van der Waals surface area contributed by atoms with Crippen LogP contribution in [-0.4, -0.2) is 25.3 Å². The van der Waals surface area contributed by atoms with Crippen molar-refractivity contribution in [2.24, 2.45) is 0 Å². The average molecular weight is 350 g/mol. The van der Waals surface area contributed by atoms with Crippen LogP contribution in [0.5, 0.6) is 17.2 Å². The molecule has 1 aromatic heterocycles. The van der Waals surface area contributed by atoms with Crippen molar-refractivity contribution < 1.29 is 14.2 Å². The van der Waals surface area contributed by atoms with Gasteiger partial charge in [-0.1, -0.05) is 18.2 Å². The Morgan fingerprint density at radius 2 is 1.58 bits per heavy atom. The summed E-state index contributed by atoms with van der Waals surface area (Å²) in [5.41, 5.74) is 1.13. The zero-order valence-electron chi connectivity index (χ0n) is 14.7. The molecule has 0 aliphatic carbocycles. The highest BCUT2D eigenvalue weighted by atomic mass is 16.5. The van der Waals surface area contributed by atoms with Crippen molar-refractivity contribution in [3.63, 3.8) is 0 Å². The summed E-state index contributed by atoms with van der Waals surface area (Å²) >= 11 is 0. The fraction of sp³-hybridized carbons (Fsp3) is 0.190. The lowest BCUT2D eigenvalue weighted by molar-refractivity contribution is 0.217. The highest BCUT2D eigenvalue weighted by molar-refractivity contribution is 5.36. The SMILES string of the molecule is COc1ccc(OCCOc2cccc(CNc3ccccn3)c2)cc1. The summed E-state index contributed by atoms with van der Waals surface area (Å²) in [5.74, 6) is 3.28. The van der Waals surface area contributed by atoms with E-state index in [1.807, 2.05) is 60.7 Å². The van der Waals surface area contributed by atoms with Gasteiger partial charge in [-0.15, -0.1) is 0 Å². The van der Waals surface area contributed by atoms with E-state index in [1.54, 1.807) is 13.3 Å². The van der Waals surface area contributed by atoms with Crippen LogP contribution in [0, 0.1) is 0 Å². The molecule has 0 radical (unpaired) electrons. The topological polar surface area (TPSA) is 52.6 Å². The number of pyridine rings is 1. The van der Waals surface area contributed by atoms with Gasteiger partial charge in [0, 0.05) is 12.7 Å². The first-order chi connectivity index (χ1) is 12.8. The van der Waals surface area contributed by atoms with Crippen molar-refractivity contribution >= 4 is 5.82 Å². The van der Waals surface area contributed by atoms with E-state index < -0.39 is 0 Å². The molecule has 0 amide bonds. The third kappa shape index (κ3) is 5.41. The van der Waals surface area contributed by atoms with Gasteiger partial charge in [-0.2, -0.15) is 0 Å². The number of ether oxygens (including phenoxy) is 3. The Hall–Kier alpha value is -3.21. The summed E-state index contributed by atoms with van der Waals surface area (Å²) in [7, 11) is 1.64. The number of benzene rings is 2. The van der Waals surface area contributed by atoms with Crippen LogP contribution in [-0.2, 0) is 6.54 Å². The molecule has 0 saturated carbocycles. The fourth-order valence-corrected chi connectivity index (χ4v) is 2.40. The number of nitrogens with one attached hydrogen (secondary N) is 1. The van der Waals surface area contributed by atoms with E-state index in [1.165, 1.54) is 0 Å². The molecule has 5 nitrogen and oxygen atoms in total. The van der Waals surface area contributed by atoms with Crippen LogP contribution in [0.3, 0.4) is 0 Å². The van der Waals surface area contributed by atoms with Gasteiger partial charge < -0.3 is 19.5 Å². The van der Waals surface area contributed by atoms with Gasteiger partial charge >= 0.3 is 0 Å². The number of aromatic nitrogens is 1. The predicted octanol–water partition coefficient (Wildman–Crippen LogP) is 4.16. The Balaban J connectivity index is 1.43. The van der Waals surface area contributed by atoms with Gasteiger partial charge in [-0.3, -0.25) is 0 Å². The lowest BCUT2D eigenvalue weighted by Gasteiger charge is -2.10. The maximum Gasteiger partial charge on any atom is 0.126 e. The summed E-state index contributed by atoms with van der Waals surface area (Å²) in [6.45, 7) is 1.64. The van der Waals surface area contributed by atoms with Crippen molar-refractivity contribution in [1.82, 2.24) is 4.98 Å². The second-order valence-corrected chi connectivity index (χ2v) is 5.59. The summed E-state index contributed by atoms with van der Waals surface area (Å²) in [6, 6.07) is 21.3. The Labute approximate surface area is 153 Å². The second-order valence-electron chi connectivity index (χ2n) is 5.59. The summed E-state index contributed by atoms with van der Waals surface area (Å²) in [6.07, 6.45) is 1.77. The smallest absolute Gasteiger partial charge is 0.126 e. The van der Waals surface area contributed by atoms with E-state index >= 15 is 0 Å². The van der Waals surface area contributed by atoms with Gasteiger partial charge in [0.05, 0.1) is 7.11 Å². The average Bonchev–Trinajstić information content (AvgIpc) is 2.71. The predicted molar refractivity (Wildman–Crippen MR) is 102 cm³/mol. The molecular formula is C21H22N2O3. The highest BCUT2D eigenvalue weighted by Gasteiger charge is 2.00. The first kappa shape index (κ1) is 17.6. The van der Waals surface area contributed by atoms with E-state index in [2.05, 4.69) is 16.4 Å². The quantitative estimate of drug-likeness (QED) is 0.587. The van der Waals surface area contributed by atoms with Crippen LogP contribution in [0.4, 0.5) is 5.82 Å². The molecule has 26 heavy (non-hydrogen) atoms. The Morgan fingerprint density at radius 1 is 0.808 bits per heavy atom. The monoisotopic (exact) mass is 350 g/mol. The van der Waals surface area contributed by atoms with E-state index in [0.29, 0.717) is 19.8 Å². The van der Waals surface area contributed by atoms with Gasteiger partial charge in [0.2, 0.25) is 0 Å². The van der Waals surface area contributed by atoms with Gasteiger partial charge in [0.15, 0.2) is 0 Å². The first-order valence-corrected chi connectivity index (χ1v) is 8.47. The molecular weight excluding hydrogens is 328 g/mol. The van der Waals surface area contributed by atoms with Crippen molar-refractivity contribution in [2.45, 2.75) is 6.54 Å². The van der Waals surface area contributed by atoms with Crippen molar-refractivity contribution in [1.29, 1.82) is 0 Å². The molecule has 5 heteroatoms. The zero-order chi connectivity index (χ0) is 18.0. The molecule has 0 fully saturated rings. The molecule has 0 bridgehead atoms. The number of rotatable bonds is 9. The first-order valence-electron chi connectivity index (χ1n) is 8.47. The summed E-state index contributed by atoms with van der Waals surface area (Å²) in [5, 5.41) is 3.28. The third-order valence-corrected chi connectivity index (χ3v) is 3.72. The second kappa shape index (κ2) is 9.32. The van der Waals surface area contributed by atoms with Crippen LogP contribution in [0.1, 0.15) is 5.56 Å². The molecule has 0 spiro atoms. The number of nitrogens with zero attached hydrogens (tertiary/aromatic N) is 1. The molecule has 0 atom stereocenters. The number of hydrogen-bond acceptors (Lipinski definition) is 5. The molecule has 0 aliphatic heterocycles. The molecule has 0 saturated heterocycles. The molecule has 1 N–H and O–H groups in total. The van der Waals surface area contributed by atoms with Crippen LogP contribution in [0.25, 0.3) is 0 Å². The maximum absolute atomic E-state index is 5.77. The molecule has 1 heterocycles. The molecule has 0 unspecified atom stereocenters. The molecule has 134 valence electrons. The summed E-state index contributed by atoms with van der Waals surface area (Å²) in [4.78, 5) is 4.25. The molecule has 0 aliphatic rings. The minimum atomic E-state index is 0.475. The van der Waals surface area contributed by atoms with E-state index in [9.17, 15) is 0 Å². The highest BCUT2D eigenvalue weighted by Crippen LogP contribution is 2.17. The van der Waals surface area contributed by atoms with E-state index in [0.717, 1.165) is 28.6 Å². The van der Waals surface area contributed by atoms with Crippen molar-refractivity contribution in [3.05, 3.63) is 78.5 Å². The van der Waals surface area contributed by atoms with E-state index in [-0.39, 0.29) is 0 Å². The fourth-order valence-electron chi connectivity index (χ4n) is 2.40. The standard InChI is InChI=1S/C21H22N2O3/c1-24-18-8-10-19(11-9-18)25-13-14-26-20-6-4-5-17(15-20)16-23-21-7-2-3-12-22-21/h2-12,15H,13-14,16H2,1H3,(H,22,23). The Bertz CT molecular complexity index is 792. The third-order valence-electron chi connectivity index (χ3n) is 3.72. The van der Waals surface area contributed by atoms with Gasteiger partial charge in [0.1, 0.15) is 36.3 Å². The van der Waals surface area contributed by atoms with E-state index in [4.69, 9.17) is 14.2 Å². The largest absolute Gasteiger partial charge is 0.497 e. The molecule has 3 aromatic rings. The maximum atomic E-state index is 5.77. The van der Waals surface area contributed by atoms with Crippen LogP contribution >= 0.6 is 0 Å². The lowest BCUT2D eigenvalue weighted by atomic mass is 10.2. The lowest BCUT2D eigenvalue weighted by Crippen LogP contribution is -2.09. The Morgan fingerprint density at radius 3 is 2.31 bits per heavy atom. The Kier molecular flexibility index (Phi) is 6.31. The van der Waals surface area contributed by atoms with Crippen LogP contribution < -0.4 is 19.5 Å². The van der Waals surface area contributed by atoms with Gasteiger partial charge in [0.25, 0.3) is 0 Å². The van der Waals surface area contributed by atoms with Crippen molar-refractivity contribution in [3.8, 4) is 17.2 Å². The molecule has 3 rings (SSSR count). The number of hydrogen-bond donors (Lipinski definition) is 1.